The van der Waals surface area contributed by atoms with Crippen LogP contribution in [0.25, 0.3) is 0 Å². The van der Waals surface area contributed by atoms with Gasteiger partial charge in [-0.25, -0.2) is 0 Å². The SMILES string of the molecule is CCOCCCN(CC1CC1)CC1CCCN1. The molecule has 100 valence electrons. The van der Waals surface area contributed by atoms with E-state index in [-0.39, 0.29) is 0 Å². The van der Waals surface area contributed by atoms with Gasteiger partial charge in [0.25, 0.3) is 0 Å². The predicted octanol–water partition coefficient (Wildman–Crippen LogP) is 1.88. The lowest BCUT2D eigenvalue weighted by molar-refractivity contribution is 0.128. The highest BCUT2D eigenvalue weighted by atomic mass is 16.5. The molecule has 17 heavy (non-hydrogen) atoms. The maximum Gasteiger partial charge on any atom is 0.0478 e. The fraction of sp³-hybridized carbons (Fsp3) is 1.00. The standard InChI is InChI=1S/C14H28N2O/c1-2-17-10-4-9-16(11-13-6-7-13)12-14-5-3-8-15-14/h13-15H,2-12H2,1H3. The largest absolute Gasteiger partial charge is 0.382 e. The van der Waals surface area contributed by atoms with Crippen LogP contribution in [-0.2, 0) is 4.74 Å². The summed E-state index contributed by atoms with van der Waals surface area (Å²) in [5.74, 6) is 1.00. The Bertz CT molecular complexity index is 200. The van der Waals surface area contributed by atoms with Crippen LogP contribution in [0, 0.1) is 5.92 Å². The van der Waals surface area contributed by atoms with Crippen molar-refractivity contribution in [1.82, 2.24) is 10.2 Å². The summed E-state index contributed by atoms with van der Waals surface area (Å²) in [4.78, 5) is 2.67. The van der Waals surface area contributed by atoms with E-state index in [1.807, 2.05) is 0 Å². The Morgan fingerprint density at radius 2 is 2.12 bits per heavy atom. The van der Waals surface area contributed by atoms with Crippen LogP contribution < -0.4 is 5.32 Å². The van der Waals surface area contributed by atoms with E-state index in [1.54, 1.807) is 0 Å². The van der Waals surface area contributed by atoms with Gasteiger partial charge in [0.2, 0.25) is 0 Å². The van der Waals surface area contributed by atoms with Crippen LogP contribution in [0.15, 0.2) is 0 Å². The van der Waals surface area contributed by atoms with Gasteiger partial charge < -0.3 is 15.0 Å². The van der Waals surface area contributed by atoms with Crippen LogP contribution in [0.5, 0.6) is 0 Å². The van der Waals surface area contributed by atoms with E-state index >= 15 is 0 Å². The summed E-state index contributed by atoms with van der Waals surface area (Å²) in [6.07, 6.45) is 6.83. The van der Waals surface area contributed by atoms with Gasteiger partial charge in [0.1, 0.15) is 0 Å². The highest BCUT2D eigenvalue weighted by Gasteiger charge is 2.26. The number of nitrogens with one attached hydrogen (secondary N) is 1. The summed E-state index contributed by atoms with van der Waals surface area (Å²) in [6, 6.07) is 0.751. The molecule has 0 aromatic heterocycles. The van der Waals surface area contributed by atoms with Crippen molar-refractivity contribution in [3.63, 3.8) is 0 Å². The zero-order chi connectivity index (χ0) is 11.9. The number of hydrogen-bond acceptors (Lipinski definition) is 3. The first kappa shape index (κ1) is 13.3. The smallest absolute Gasteiger partial charge is 0.0478 e. The van der Waals surface area contributed by atoms with Crippen LogP contribution >= 0.6 is 0 Å². The van der Waals surface area contributed by atoms with Crippen molar-refractivity contribution in [3.8, 4) is 0 Å². The van der Waals surface area contributed by atoms with Gasteiger partial charge in [0, 0.05) is 38.9 Å². The Morgan fingerprint density at radius 3 is 2.76 bits per heavy atom. The molecule has 0 aromatic rings. The van der Waals surface area contributed by atoms with Gasteiger partial charge in [-0.1, -0.05) is 0 Å². The summed E-state index contributed by atoms with van der Waals surface area (Å²) in [6.45, 7) is 8.87. The molecule has 1 aliphatic carbocycles. The molecule has 3 nitrogen and oxygen atoms in total. The maximum absolute atomic E-state index is 5.43. The molecule has 1 unspecified atom stereocenters. The second-order valence-electron chi connectivity index (χ2n) is 5.55. The summed E-state index contributed by atoms with van der Waals surface area (Å²) in [5, 5.41) is 3.61. The highest BCUT2D eigenvalue weighted by molar-refractivity contribution is 4.82. The minimum absolute atomic E-state index is 0.751. The summed E-state index contributed by atoms with van der Waals surface area (Å²) in [7, 11) is 0. The molecule has 0 radical (unpaired) electrons. The molecule has 0 spiro atoms. The molecular weight excluding hydrogens is 212 g/mol. The molecule has 1 heterocycles. The lowest BCUT2D eigenvalue weighted by Crippen LogP contribution is -2.39. The molecule has 1 aliphatic heterocycles. The highest BCUT2D eigenvalue weighted by Crippen LogP contribution is 2.30. The van der Waals surface area contributed by atoms with Crippen LogP contribution in [0.2, 0.25) is 0 Å². The molecule has 2 rings (SSSR count). The Morgan fingerprint density at radius 1 is 1.24 bits per heavy atom. The second-order valence-corrected chi connectivity index (χ2v) is 5.55. The van der Waals surface area contributed by atoms with E-state index in [1.165, 1.54) is 58.3 Å². The van der Waals surface area contributed by atoms with E-state index in [0.29, 0.717) is 0 Å². The minimum atomic E-state index is 0.751. The van der Waals surface area contributed by atoms with E-state index < -0.39 is 0 Å². The zero-order valence-corrected chi connectivity index (χ0v) is 11.3. The van der Waals surface area contributed by atoms with Crippen molar-refractivity contribution in [2.45, 2.75) is 45.1 Å². The van der Waals surface area contributed by atoms with Crippen molar-refractivity contribution < 1.29 is 4.74 Å². The third kappa shape index (κ3) is 5.36. The lowest BCUT2D eigenvalue weighted by Gasteiger charge is -2.25. The molecule has 1 saturated carbocycles. The number of rotatable bonds is 9. The van der Waals surface area contributed by atoms with Crippen molar-refractivity contribution in [1.29, 1.82) is 0 Å². The molecule has 2 fully saturated rings. The molecular formula is C14H28N2O. The lowest BCUT2D eigenvalue weighted by atomic mass is 10.2. The Kier molecular flexibility index (Phi) is 5.75. The van der Waals surface area contributed by atoms with Crippen LogP contribution in [0.1, 0.15) is 39.0 Å². The average molecular weight is 240 g/mol. The molecule has 2 aliphatic rings. The van der Waals surface area contributed by atoms with Crippen LogP contribution in [0.3, 0.4) is 0 Å². The molecule has 1 N–H and O–H groups in total. The third-order valence-corrected chi connectivity index (χ3v) is 3.82. The van der Waals surface area contributed by atoms with Gasteiger partial charge in [-0.2, -0.15) is 0 Å². The maximum atomic E-state index is 5.43. The Hall–Kier alpha value is -0.120. The zero-order valence-electron chi connectivity index (χ0n) is 11.3. The van der Waals surface area contributed by atoms with Gasteiger partial charge in [-0.3, -0.25) is 0 Å². The van der Waals surface area contributed by atoms with E-state index in [0.717, 1.165) is 25.2 Å². The molecule has 1 atom stereocenters. The fourth-order valence-electron chi connectivity index (χ4n) is 2.68. The summed E-state index contributed by atoms with van der Waals surface area (Å²) >= 11 is 0. The topological polar surface area (TPSA) is 24.5 Å². The van der Waals surface area contributed by atoms with E-state index in [4.69, 9.17) is 4.74 Å². The van der Waals surface area contributed by atoms with Crippen molar-refractivity contribution >= 4 is 0 Å². The Labute approximate surface area is 106 Å². The second kappa shape index (κ2) is 7.34. The van der Waals surface area contributed by atoms with Crippen LogP contribution in [-0.4, -0.2) is 50.3 Å². The first-order valence-corrected chi connectivity index (χ1v) is 7.42. The summed E-state index contributed by atoms with van der Waals surface area (Å²) in [5.41, 5.74) is 0. The Balaban J connectivity index is 1.63. The molecule has 3 heteroatoms. The third-order valence-electron chi connectivity index (χ3n) is 3.82. The van der Waals surface area contributed by atoms with Gasteiger partial charge in [-0.05, 0) is 51.5 Å². The summed E-state index contributed by atoms with van der Waals surface area (Å²) < 4.78 is 5.43. The van der Waals surface area contributed by atoms with E-state index in [2.05, 4.69) is 17.1 Å². The van der Waals surface area contributed by atoms with Crippen molar-refractivity contribution in [2.24, 2.45) is 5.92 Å². The number of hydrogen-bond donors (Lipinski definition) is 1. The van der Waals surface area contributed by atoms with Gasteiger partial charge in [0.15, 0.2) is 0 Å². The minimum Gasteiger partial charge on any atom is -0.382 e. The van der Waals surface area contributed by atoms with E-state index in [9.17, 15) is 0 Å². The van der Waals surface area contributed by atoms with Gasteiger partial charge >= 0.3 is 0 Å². The average Bonchev–Trinajstić information content (AvgIpc) is 2.99. The van der Waals surface area contributed by atoms with Crippen LogP contribution in [0.4, 0.5) is 0 Å². The normalized spacial score (nSPS) is 24.7. The van der Waals surface area contributed by atoms with Gasteiger partial charge in [-0.15, -0.1) is 0 Å². The molecule has 0 amide bonds. The van der Waals surface area contributed by atoms with Crippen molar-refractivity contribution in [2.75, 3.05) is 39.4 Å². The number of ether oxygens (including phenoxy) is 1. The molecule has 0 aromatic carbocycles. The van der Waals surface area contributed by atoms with Crippen molar-refractivity contribution in [3.05, 3.63) is 0 Å². The fourth-order valence-corrected chi connectivity index (χ4v) is 2.68. The monoisotopic (exact) mass is 240 g/mol. The first-order valence-electron chi connectivity index (χ1n) is 7.42. The number of nitrogens with zero attached hydrogens (tertiary/aromatic N) is 1. The molecule has 1 saturated heterocycles. The molecule has 0 bridgehead atoms. The quantitative estimate of drug-likeness (QED) is 0.623. The van der Waals surface area contributed by atoms with Gasteiger partial charge in [0.05, 0.1) is 0 Å². The first-order chi connectivity index (χ1) is 8.38. The predicted molar refractivity (Wildman–Crippen MR) is 71.3 cm³/mol.